The van der Waals surface area contributed by atoms with Gasteiger partial charge in [0.25, 0.3) is 0 Å². The minimum Gasteiger partial charge on any atom is -0.399 e. The third-order valence-corrected chi connectivity index (χ3v) is 1.83. The fraction of sp³-hybridized carbons (Fsp3) is 0.364. The summed E-state index contributed by atoms with van der Waals surface area (Å²) in [6.07, 6.45) is 0.855. The first-order chi connectivity index (χ1) is 6.22. The molecule has 0 atom stereocenters. The molecule has 1 aromatic carbocycles. The van der Waals surface area contributed by atoms with E-state index in [4.69, 9.17) is 0 Å². The van der Waals surface area contributed by atoms with Gasteiger partial charge in [-0.2, -0.15) is 0 Å². The fourth-order valence-corrected chi connectivity index (χ4v) is 1.19. The van der Waals surface area contributed by atoms with Crippen LogP contribution in [0.3, 0.4) is 0 Å². The van der Waals surface area contributed by atoms with Crippen LogP contribution in [-0.4, -0.2) is 12.8 Å². The summed E-state index contributed by atoms with van der Waals surface area (Å²) in [6, 6.07) is 8.44. The van der Waals surface area contributed by atoms with Crippen LogP contribution in [0.4, 0.5) is 0 Å². The van der Waals surface area contributed by atoms with Crippen molar-refractivity contribution in [1.29, 1.82) is 0 Å². The van der Waals surface area contributed by atoms with Crippen LogP contribution in [0.25, 0.3) is 0 Å². The summed E-state index contributed by atoms with van der Waals surface area (Å²) in [5.41, 5.74) is 3.54. The average Bonchev–Trinajstić information content (AvgIpc) is 2.09. The largest absolute Gasteiger partial charge is 0.399 e. The first-order valence-corrected chi connectivity index (χ1v) is 4.34. The van der Waals surface area contributed by atoms with E-state index in [2.05, 4.69) is 41.2 Å². The predicted octanol–water partition coefficient (Wildman–Crippen LogP) is 2.56. The van der Waals surface area contributed by atoms with Gasteiger partial charge in [0.2, 0.25) is 0 Å². The number of nitrogens with zero attached hydrogens (tertiary/aromatic N) is 1. The predicted molar refractivity (Wildman–Crippen MR) is 55.0 cm³/mol. The Labute approximate surface area is 79.2 Å². The van der Waals surface area contributed by atoms with E-state index in [1.165, 1.54) is 11.1 Å². The zero-order valence-electron chi connectivity index (χ0n) is 8.37. The van der Waals surface area contributed by atoms with Crippen molar-refractivity contribution in [3.05, 3.63) is 35.4 Å². The monoisotopic (exact) mass is 177 g/mol. The Hall–Kier alpha value is -1.31. The molecule has 2 nitrogen and oxygen atoms in total. The van der Waals surface area contributed by atoms with Crippen LogP contribution in [0, 0.1) is 6.92 Å². The lowest BCUT2D eigenvalue weighted by molar-refractivity contribution is 0.212. The molecule has 0 radical (unpaired) electrons. The van der Waals surface area contributed by atoms with E-state index in [9.17, 15) is 0 Å². The Morgan fingerprint density at radius 2 is 1.92 bits per heavy atom. The molecule has 0 aliphatic carbocycles. The molecule has 0 N–H and O–H groups in total. The van der Waals surface area contributed by atoms with E-state index in [-0.39, 0.29) is 0 Å². The topological polar surface area (TPSA) is 21.6 Å². The van der Waals surface area contributed by atoms with Crippen molar-refractivity contribution in [2.75, 3.05) is 7.11 Å². The second-order valence-corrected chi connectivity index (χ2v) is 3.17. The minimum atomic E-state index is 0.855. The van der Waals surface area contributed by atoms with Crippen molar-refractivity contribution in [2.45, 2.75) is 20.3 Å². The maximum absolute atomic E-state index is 4.69. The molecule has 0 spiro atoms. The van der Waals surface area contributed by atoms with E-state index in [1.807, 2.05) is 6.92 Å². The highest BCUT2D eigenvalue weighted by molar-refractivity contribution is 5.83. The van der Waals surface area contributed by atoms with Crippen molar-refractivity contribution < 1.29 is 4.84 Å². The summed E-state index contributed by atoms with van der Waals surface area (Å²) in [6.45, 7) is 4.04. The van der Waals surface area contributed by atoms with Crippen molar-refractivity contribution in [3.63, 3.8) is 0 Å². The molecule has 0 aliphatic rings. The molecule has 0 unspecified atom stereocenters. The number of oxime groups is 1. The number of rotatable bonds is 3. The molecule has 0 saturated heterocycles. The molecular weight excluding hydrogens is 162 g/mol. The van der Waals surface area contributed by atoms with E-state index < -0.39 is 0 Å². The molecule has 70 valence electrons. The summed E-state index contributed by atoms with van der Waals surface area (Å²) >= 11 is 0. The van der Waals surface area contributed by atoms with Gasteiger partial charge in [-0.1, -0.05) is 35.0 Å². The van der Waals surface area contributed by atoms with E-state index in [1.54, 1.807) is 7.11 Å². The fourth-order valence-electron chi connectivity index (χ4n) is 1.19. The molecule has 0 saturated carbocycles. The first-order valence-electron chi connectivity index (χ1n) is 4.34. The molecule has 0 heterocycles. The zero-order chi connectivity index (χ0) is 9.68. The van der Waals surface area contributed by atoms with Gasteiger partial charge in [-0.3, -0.25) is 0 Å². The second kappa shape index (κ2) is 4.65. The first kappa shape index (κ1) is 9.78. The molecule has 0 bridgehead atoms. The smallest absolute Gasteiger partial charge is 0.106 e. The van der Waals surface area contributed by atoms with E-state index >= 15 is 0 Å². The quantitative estimate of drug-likeness (QED) is 0.513. The van der Waals surface area contributed by atoms with Gasteiger partial charge in [-0.25, -0.2) is 0 Å². The summed E-state index contributed by atoms with van der Waals surface area (Å²) in [4.78, 5) is 4.69. The maximum Gasteiger partial charge on any atom is 0.106 e. The third kappa shape index (κ3) is 3.28. The molecule has 13 heavy (non-hydrogen) atoms. The highest BCUT2D eigenvalue weighted by Crippen LogP contribution is 2.04. The molecule has 0 aliphatic heterocycles. The van der Waals surface area contributed by atoms with Gasteiger partial charge in [0.15, 0.2) is 0 Å². The molecule has 1 rings (SSSR count). The van der Waals surface area contributed by atoms with Crippen LogP contribution in [0.5, 0.6) is 0 Å². The Kier molecular flexibility index (Phi) is 3.50. The zero-order valence-corrected chi connectivity index (χ0v) is 8.37. The maximum atomic E-state index is 4.69. The van der Waals surface area contributed by atoms with E-state index in [0.717, 1.165) is 12.1 Å². The van der Waals surface area contributed by atoms with Crippen molar-refractivity contribution in [1.82, 2.24) is 0 Å². The van der Waals surface area contributed by atoms with Gasteiger partial charge in [0.05, 0.1) is 5.71 Å². The SMILES string of the molecule is CON=C(C)Cc1ccc(C)cc1. The van der Waals surface area contributed by atoms with Gasteiger partial charge < -0.3 is 4.84 Å². The van der Waals surface area contributed by atoms with Crippen LogP contribution >= 0.6 is 0 Å². The average molecular weight is 177 g/mol. The Balaban J connectivity index is 2.64. The molecule has 2 heteroatoms. The highest BCUT2D eigenvalue weighted by Gasteiger charge is 1.95. The number of hydrogen-bond acceptors (Lipinski definition) is 2. The molecular formula is C11H15NO. The lowest BCUT2D eigenvalue weighted by atomic mass is 10.1. The van der Waals surface area contributed by atoms with Crippen LogP contribution in [0.2, 0.25) is 0 Å². The van der Waals surface area contributed by atoms with Crippen LogP contribution in [0.1, 0.15) is 18.1 Å². The standard InChI is InChI=1S/C11H15NO/c1-9-4-6-11(7-5-9)8-10(2)12-13-3/h4-7H,8H2,1-3H3. The Morgan fingerprint density at radius 1 is 1.31 bits per heavy atom. The lowest BCUT2D eigenvalue weighted by Crippen LogP contribution is -1.97. The van der Waals surface area contributed by atoms with Gasteiger partial charge in [0, 0.05) is 6.42 Å². The van der Waals surface area contributed by atoms with Crippen LogP contribution < -0.4 is 0 Å². The van der Waals surface area contributed by atoms with Gasteiger partial charge in [0.1, 0.15) is 7.11 Å². The number of aryl methyl sites for hydroxylation is 1. The van der Waals surface area contributed by atoms with Crippen molar-refractivity contribution in [2.24, 2.45) is 5.16 Å². The van der Waals surface area contributed by atoms with E-state index in [0.29, 0.717) is 0 Å². The summed E-state index contributed by atoms with van der Waals surface area (Å²) in [7, 11) is 1.57. The second-order valence-electron chi connectivity index (χ2n) is 3.17. The Bertz CT molecular complexity index is 287. The van der Waals surface area contributed by atoms with Crippen molar-refractivity contribution in [3.8, 4) is 0 Å². The third-order valence-electron chi connectivity index (χ3n) is 1.83. The number of hydrogen-bond donors (Lipinski definition) is 0. The molecule has 0 amide bonds. The molecule has 0 aromatic heterocycles. The van der Waals surface area contributed by atoms with Crippen LogP contribution in [0.15, 0.2) is 29.4 Å². The summed E-state index contributed by atoms with van der Waals surface area (Å²) < 4.78 is 0. The van der Waals surface area contributed by atoms with Gasteiger partial charge in [-0.15, -0.1) is 0 Å². The van der Waals surface area contributed by atoms with Gasteiger partial charge >= 0.3 is 0 Å². The summed E-state index contributed by atoms with van der Waals surface area (Å²) in [5, 5.41) is 3.86. The summed E-state index contributed by atoms with van der Waals surface area (Å²) in [5.74, 6) is 0. The number of benzene rings is 1. The highest BCUT2D eigenvalue weighted by atomic mass is 16.6. The molecule has 1 aromatic rings. The normalized spacial score (nSPS) is 11.5. The lowest BCUT2D eigenvalue weighted by Gasteiger charge is -2.00. The van der Waals surface area contributed by atoms with Crippen molar-refractivity contribution >= 4 is 5.71 Å². The van der Waals surface area contributed by atoms with Gasteiger partial charge in [-0.05, 0) is 19.4 Å². The molecule has 0 fully saturated rings. The Morgan fingerprint density at radius 3 is 2.46 bits per heavy atom. The minimum absolute atomic E-state index is 0.855. The van der Waals surface area contributed by atoms with Crippen LogP contribution in [-0.2, 0) is 11.3 Å².